The Bertz CT molecular complexity index is 448. The molecule has 2 rings (SSSR count). The second-order valence-electron chi connectivity index (χ2n) is 3.40. The average Bonchev–Trinajstić information content (AvgIpc) is 2.86. The quantitative estimate of drug-likeness (QED) is 0.754. The van der Waals surface area contributed by atoms with Crippen LogP contribution in [0.4, 0.5) is 5.69 Å². The Morgan fingerprint density at radius 1 is 1.50 bits per heavy atom. The van der Waals surface area contributed by atoms with Gasteiger partial charge in [0.15, 0.2) is 5.82 Å². The molecule has 0 bridgehead atoms. The number of anilines is 1. The molecule has 2 aromatic rings. The van der Waals surface area contributed by atoms with Crippen LogP contribution >= 0.6 is 0 Å². The van der Waals surface area contributed by atoms with Gasteiger partial charge in [0.25, 0.3) is 0 Å². The summed E-state index contributed by atoms with van der Waals surface area (Å²) in [7, 11) is 1.66. The van der Waals surface area contributed by atoms with Crippen molar-refractivity contribution in [1.82, 2.24) is 24.5 Å². The number of nitrogens with two attached hydrogens (primary N) is 1. The van der Waals surface area contributed by atoms with E-state index in [1.165, 1.54) is 0 Å². The maximum atomic E-state index is 5.58. The number of hydrogen-bond donors (Lipinski definition) is 1. The van der Waals surface area contributed by atoms with E-state index >= 15 is 0 Å². The van der Waals surface area contributed by atoms with E-state index in [9.17, 15) is 0 Å². The van der Waals surface area contributed by atoms with Crippen molar-refractivity contribution in [2.24, 2.45) is 0 Å². The number of methoxy groups -OCH3 is 1. The van der Waals surface area contributed by atoms with Crippen LogP contribution in [0.25, 0.3) is 0 Å². The molecule has 0 saturated carbocycles. The van der Waals surface area contributed by atoms with Crippen LogP contribution in [0.2, 0.25) is 0 Å². The molecule has 0 aliphatic carbocycles. The van der Waals surface area contributed by atoms with Crippen LogP contribution in [0.5, 0.6) is 0 Å². The van der Waals surface area contributed by atoms with Crippen molar-refractivity contribution in [2.75, 3.05) is 19.5 Å². The lowest BCUT2D eigenvalue weighted by atomic mass is 10.5. The lowest BCUT2D eigenvalue weighted by Gasteiger charge is -2.05. The second-order valence-corrected chi connectivity index (χ2v) is 3.40. The molecule has 0 atom stereocenters. The highest BCUT2D eigenvalue weighted by molar-refractivity contribution is 5.30. The molecule has 7 heteroatoms. The molecule has 0 aromatic carbocycles. The molecule has 86 valence electrons. The minimum absolute atomic E-state index is 0.556. The van der Waals surface area contributed by atoms with Crippen molar-refractivity contribution in [3.63, 3.8) is 0 Å². The summed E-state index contributed by atoms with van der Waals surface area (Å²) < 4.78 is 8.66. The Morgan fingerprint density at radius 2 is 2.38 bits per heavy atom. The fourth-order valence-electron chi connectivity index (χ4n) is 1.39. The summed E-state index contributed by atoms with van der Waals surface area (Å²) in [5.41, 5.74) is 6.22. The number of rotatable bonds is 5. The van der Waals surface area contributed by atoms with Crippen LogP contribution in [-0.4, -0.2) is 38.3 Å². The molecule has 0 unspecified atom stereocenters. The zero-order valence-electron chi connectivity index (χ0n) is 9.08. The SMILES string of the molecule is COCCn1cnnc1Cn1cc(N)cn1. The summed E-state index contributed by atoms with van der Waals surface area (Å²) in [5.74, 6) is 0.833. The number of ether oxygens (including phenoxy) is 1. The number of nitrogen functional groups attached to an aromatic ring is 1. The molecule has 0 amide bonds. The highest BCUT2D eigenvalue weighted by Gasteiger charge is 2.05. The van der Waals surface area contributed by atoms with Gasteiger partial charge in [-0.05, 0) is 0 Å². The lowest BCUT2D eigenvalue weighted by Crippen LogP contribution is -2.11. The van der Waals surface area contributed by atoms with Crippen molar-refractivity contribution >= 4 is 5.69 Å². The van der Waals surface area contributed by atoms with Crippen LogP contribution in [0.3, 0.4) is 0 Å². The van der Waals surface area contributed by atoms with Crippen LogP contribution in [0, 0.1) is 0 Å². The van der Waals surface area contributed by atoms with Gasteiger partial charge in [-0.3, -0.25) is 4.68 Å². The van der Waals surface area contributed by atoms with Gasteiger partial charge >= 0.3 is 0 Å². The van der Waals surface area contributed by atoms with E-state index in [1.807, 2.05) is 4.57 Å². The van der Waals surface area contributed by atoms with Gasteiger partial charge in [0.2, 0.25) is 0 Å². The van der Waals surface area contributed by atoms with Crippen molar-refractivity contribution < 1.29 is 4.74 Å². The zero-order valence-corrected chi connectivity index (χ0v) is 9.08. The van der Waals surface area contributed by atoms with Gasteiger partial charge in [-0.25, -0.2) is 0 Å². The van der Waals surface area contributed by atoms with Gasteiger partial charge in [-0.15, -0.1) is 10.2 Å². The van der Waals surface area contributed by atoms with Crippen molar-refractivity contribution in [3.05, 3.63) is 24.5 Å². The van der Waals surface area contributed by atoms with Crippen molar-refractivity contribution in [1.29, 1.82) is 0 Å². The fourth-order valence-corrected chi connectivity index (χ4v) is 1.39. The normalized spacial score (nSPS) is 10.8. The Balaban J connectivity index is 2.06. The van der Waals surface area contributed by atoms with E-state index in [0.29, 0.717) is 18.8 Å². The van der Waals surface area contributed by atoms with Crippen molar-refractivity contribution in [3.8, 4) is 0 Å². The average molecular weight is 222 g/mol. The monoisotopic (exact) mass is 222 g/mol. The van der Waals surface area contributed by atoms with E-state index in [2.05, 4.69) is 15.3 Å². The highest BCUT2D eigenvalue weighted by atomic mass is 16.5. The maximum absolute atomic E-state index is 5.58. The van der Waals surface area contributed by atoms with Gasteiger partial charge < -0.3 is 15.0 Å². The molecule has 0 spiro atoms. The molecule has 0 fully saturated rings. The first-order chi connectivity index (χ1) is 7.79. The number of nitrogens with zero attached hydrogens (tertiary/aromatic N) is 5. The lowest BCUT2D eigenvalue weighted by molar-refractivity contribution is 0.186. The molecule has 2 N–H and O–H groups in total. The predicted octanol–water partition coefficient (Wildman–Crippen LogP) is -0.249. The minimum atomic E-state index is 0.556. The molecular weight excluding hydrogens is 208 g/mol. The smallest absolute Gasteiger partial charge is 0.154 e. The Morgan fingerprint density at radius 3 is 3.06 bits per heavy atom. The molecule has 0 radical (unpaired) electrons. The molecule has 2 aromatic heterocycles. The molecule has 0 aliphatic heterocycles. The van der Waals surface area contributed by atoms with Crippen LogP contribution in [0.15, 0.2) is 18.7 Å². The first-order valence-electron chi connectivity index (χ1n) is 4.93. The second kappa shape index (κ2) is 4.75. The highest BCUT2D eigenvalue weighted by Crippen LogP contribution is 2.02. The molecule has 0 saturated heterocycles. The summed E-state index contributed by atoms with van der Waals surface area (Å²) in [4.78, 5) is 0. The summed E-state index contributed by atoms with van der Waals surface area (Å²) in [6.45, 7) is 1.92. The zero-order chi connectivity index (χ0) is 11.4. The largest absolute Gasteiger partial charge is 0.396 e. The summed E-state index contributed by atoms with van der Waals surface area (Å²) >= 11 is 0. The van der Waals surface area contributed by atoms with E-state index < -0.39 is 0 Å². The maximum Gasteiger partial charge on any atom is 0.154 e. The Kier molecular flexibility index (Phi) is 3.16. The molecule has 16 heavy (non-hydrogen) atoms. The molecule has 7 nitrogen and oxygen atoms in total. The summed E-state index contributed by atoms with van der Waals surface area (Å²) in [5, 5.41) is 12.0. The molecule has 0 aliphatic rings. The number of hydrogen-bond acceptors (Lipinski definition) is 5. The van der Waals surface area contributed by atoms with Gasteiger partial charge in [-0.1, -0.05) is 0 Å². The van der Waals surface area contributed by atoms with E-state index in [4.69, 9.17) is 10.5 Å². The van der Waals surface area contributed by atoms with E-state index in [0.717, 1.165) is 12.4 Å². The van der Waals surface area contributed by atoms with Gasteiger partial charge in [0.05, 0.1) is 18.5 Å². The standard InChI is InChI=1S/C9H14N6O/c1-16-3-2-14-7-11-13-9(14)6-15-5-8(10)4-12-15/h4-5,7H,2-3,6,10H2,1H3. The van der Waals surface area contributed by atoms with Crippen molar-refractivity contribution in [2.45, 2.75) is 13.1 Å². The van der Waals surface area contributed by atoms with E-state index in [-0.39, 0.29) is 0 Å². The molecule has 2 heterocycles. The predicted molar refractivity (Wildman–Crippen MR) is 57.6 cm³/mol. The topological polar surface area (TPSA) is 83.8 Å². The van der Waals surface area contributed by atoms with Crippen LogP contribution in [0.1, 0.15) is 5.82 Å². The van der Waals surface area contributed by atoms with Gasteiger partial charge in [-0.2, -0.15) is 5.10 Å². The number of aromatic nitrogens is 5. The third kappa shape index (κ3) is 2.37. The van der Waals surface area contributed by atoms with E-state index in [1.54, 1.807) is 30.5 Å². The molecular formula is C9H14N6O. The summed E-state index contributed by atoms with van der Waals surface area (Å²) in [6.07, 6.45) is 5.05. The fraction of sp³-hybridized carbons (Fsp3) is 0.444. The van der Waals surface area contributed by atoms with Crippen LogP contribution < -0.4 is 5.73 Å². The third-order valence-electron chi connectivity index (χ3n) is 2.19. The Labute approximate surface area is 92.8 Å². The first kappa shape index (κ1) is 10.6. The van der Waals surface area contributed by atoms with Gasteiger partial charge in [0, 0.05) is 19.9 Å². The Hall–Kier alpha value is -1.89. The first-order valence-corrected chi connectivity index (χ1v) is 4.93. The summed E-state index contributed by atoms with van der Waals surface area (Å²) in [6, 6.07) is 0. The van der Waals surface area contributed by atoms with Gasteiger partial charge in [0.1, 0.15) is 12.9 Å². The third-order valence-corrected chi connectivity index (χ3v) is 2.19. The minimum Gasteiger partial charge on any atom is -0.396 e. The van der Waals surface area contributed by atoms with Crippen LogP contribution in [-0.2, 0) is 17.8 Å².